The van der Waals surface area contributed by atoms with Gasteiger partial charge in [-0.2, -0.15) is 10.1 Å². The van der Waals surface area contributed by atoms with Crippen molar-refractivity contribution in [2.75, 3.05) is 18.5 Å². The summed E-state index contributed by atoms with van der Waals surface area (Å²) in [7, 11) is 0. The van der Waals surface area contributed by atoms with Gasteiger partial charge in [0.25, 0.3) is 5.56 Å². The summed E-state index contributed by atoms with van der Waals surface area (Å²) in [6.07, 6.45) is 2.99. The van der Waals surface area contributed by atoms with Crippen LogP contribution in [-0.2, 0) is 6.54 Å². The Morgan fingerprint density at radius 2 is 1.91 bits per heavy atom. The van der Waals surface area contributed by atoms with Crippen molar-refractivity contribution in [3.63, 3.8) is 0 Å². The van der Waals surface area contributed by atoms with E-state index in [1.807, 2.05) is 48.5 Å². The number of fused-ring (bicyclic) bond motifs is 4. The molecule has 0 fully saturated rings. The molecular formula is C24H21N7O3. The largest absolute Gasteiger partial charge is 0.486 e. The Balaban J connectivity index is 1.37. The van der Waals surface area contributed by atoms with Gasteiger partial charge in [-0.25, -0.2) is 4.98 Å². The summed E-state index contributed by atoms with van der Waals surface area (Å²) in [6, 6.07) is 15.1. The van der Waals surface area contributed by atoms with E-state index < -0.39 is 0 Å². The Hall–Kier alpha value is -4.44. The van der Waals surface area contributed by atoms with Crippen molar-refractivity contribution in [1.29, 1.82) is 0 Å². The fourth-order valence-corrected chi connectivity index (χ4v) is 4.06. The predicted octanol–water partition coefficient (Wildman–Crippen LogP) is 2.37. The van der Waals surface area contributed by atoms with E-state index in [4.69, 9.17) is 15.2 Å². The van der Waals surface area contributed by atoms with Crippen molar-refractivity contribution in [3.05, 3.63) is 76.8 Å². The molecule has 0 bridgehead atoms. The Morgan fingerprint density at radius 3 is 2.74 bits per heavy atom. The molecule has 1 aliphatic rings. The molecule has 1 aliphatic heterocycles. The molecule has 2 aromatic carbocycles. The predicted molar refractivity (Wildman–Crippen MR) is 128 cm³/mol. The van der Waals surface area contributed by atoms with E-state index in [1.54, 1.807) is 10.8 Å². The Bertz CT molecular complexity index is 1560. The summed E-state index contributed by atoms with van der Waals surface area (Å²) in [4.78, 5) is 22.5. The van der Waals surface area contributed by atoms with Crippen LogP contribution in [0.3, 0.4) is 0 Å². The summed E-state index contributed by atoms with van der Waals surface area (Å²) < 4.78 is 13.3. The molecule has 10 nitrogen and oxygen atoms in total. The molecule has 1 unspecified atom stereocenters. The maximum absolute atomic E-state index is 13.4. The van der Waals surface area contributed by atoms with Crippen LogP contribution >= 0.6 is 0 Å². The number of nitrogens with zero attached hydrogens (tertiary/aromatic N) is 4. The number of aromatic nitrogens is 5. The van der Waals surface area contributed by atoms with Gasteiger partial charge in [-0.15, -0.1) is 0 Å². The van der Waals surface area contributed by atoms with E-state index in [0.717, 1.165) is 11.3 Å². The fourth-order valence-electron chi connectivity index (χ4n) is 4.06. The van der Waals surface area contributed by atoms with Crippen molar-refractivity contribution in [1.82, 2.24) is 24.7 Å². The highest BCUT2D eigenvalue weighted by atomic mass is 16.6. The first-order valence-electron chi connectivity index (χ1n) is 10.9. The van der Waals surface area contributed by atoms with Gasteiger partial charge in [0.1, 0.15) is 12.7 Å². The Labute approximate surface area is 193 Å². The maximum atomic E-state index is 13.4. The summed E-state index contributed by atoms with van der Waals surface area (Å²) in [5.41, 5.74) is 8.23. The highest BCUT2D eigenvalue weighted by molar-refractivity contribution is 6.02. The number of anilines is 1. The second-order valence-electron chi connectivity index (χ2n) is 7.98. The molecule has 10 heteroatoms. The third kappa shape index (κ3) is 3.41. The number of benzene rings is 2. The van der Waals surface area contributed by atoms with E-state index in [2.05, 4.69) is 25.5 Å². The summed E-state index contributed by atoms with van der Waals surface area (Å²) >= 11 is 0. The third-order valence-electron chi connectivity index (χ3n) is 5.81. The molecule has 1 atom stereocenters. The average molecular weight is 455 g/mol. The number of aromatic amines is 1. The molecule has 170 valence electrons. The van der Waals surface area contributed by atoms with E-state index in [9.17, 15) is 4.79 Å². The van der Waals surface area contributed by atoms with Crippen LogP contribution in [0.2, 0.25) is 0 Å². The molecule has 0 spiro atoms. The second kappa shape index (κ2) is 8.16. The zero-order valence-corrected chi connectivity index (χ0v) is 18.1. The van der Waals surface area contributed by atoms with Crippen LogP contribution < -0.4 is 26.1 Å². The van der Waals surface area contributed by atoms with Gasteiger partial charge in [-0.3, -0.25) is 14.5 Å². The van der Waals surface area contributed by atoms with Gasteiger partial charge < -0.3 is 20.5 Å². The SMILES string of the molecule is NCc1ccc(-n2c(=O)c3cn[nH]c3c3cnc(NCC4COc5ccccc5O4)nc32)cc1. The molecule has 0 saturated heterocycles. The summed E-state index contributed by atoms with van der Waals surface area (Å²) in [6.45, 7) is 1.26. The minimum atomic E-state index is -0.220. The molecule has 6 rings (SSSR count). The van der Waals surface area contributed by atoms with Gasteiger partial charge in [-0.05, 0) is 29.8 Å². The molecular weight excluding hydrogens is 434 g/mol. The van der Waals surface area contributed by atoms with E-state index >= 15 is 0 Å². The van der Waals surface area contributed by atoms with Crippen molar-refractivity contribution in [2.24, 2.45) is 5.73 Å². The van der Waals surface area contributed by atoms with Gasteiger partial charge in [0.2, 0.25) is 5.95 Å². The van der Waals surface area contributed by atoms with Crippen molar-refractivity contribution >= 4 is 27.9 Å². The van der Waals surface area contributed by atoms with Crippen LogP contribution in [0.25, 0.3) is 27.6 Å². The number of ether oxygens (including phenoxy) is 2. The van der Waals surface area contributed by atoms with E-state index in [-0.39, 0.29) is 11.7 Å². The van der Waals surface area contributed by atoms with Gasteiger partial charge in [0.15, 0.2) is 17.1 Å². The molecule has 0 amide bonds. The monoisotopic (exact) mass is 455 g/mol. The minimum Gasteiger partial charge on any atom is -0.486 e. The first-order chi connectivity index (χ1) is 16.7. The Kier molecular flexibility index (Phi) is 4.84. The lowest BCUT2D eigenvalue weighted by Gasteiger charge is -2.26. The molecule has 0 saturated carbocycles. The van der Waals surface area contributed by atoms with E-state index in [1.165, 1.54) is 6.20 Å². The molecule has 4 heterocycles. The fraction of sp³-hybridized carbons (Fsp3) is 0.167. The van der Waals surface area contributed by atoms with E-state index in [0.29, 0.717) is 59.0 Å². The number of nitrogens with one attached hydrogen (secondary N) is 2. The molecule has 34 heavy (non-hydrogen) atoms. The van der Waals surface area contributed by atoms with Crippen molar-refractivity contribution < 1.29 is 9.47 Å². The smallest absolute Gasteiger partial charge is 0.267 e. The molecule has 3 aromatic heterocycles. The number of hydrogen-bond donors (Lipinski definition) is 3. The van der Waals surface area contributed by atoms with Crippen molar-refractivity contribution in [2.45, 2.75) is 12.6 Å². The van der Waals surface area contributed by atoms with Crippen LogP contribution in [0.5, 0.6) is 11.5 Å². The number of H-pyrrole nitrogens is 1. The van der Waals surface area contributed by atoms with Crippen LogP contribution in [-0.4, -0.2) is 44.0 Å². The molecule has 4 N–H and O–H groups in total. The maximum Gasteiger partial charge on any atom is 0.267 e. The topological polar surface area (TPSA) is 133 Å². The lowest BCUT2D eigenvalue weighted by atomic mass is 10.2. The second-order valence-corrected chi connectivity index (χ2v) is 7.98. The highest BCUT2D eigenvalue weighted by Gasteiger charge is 2.21. The normalized spacial score (nSPS) is 15.0. The molecule has 0 aliphatic carbocycles. The van der Waals surface area contributed by atoms with Crippen LogP contribution in [0.4, 0.5) is 5.95 Å². The van der Waals surface area contributed by atoms with Crippen molar-refractivity contribution in [3.8, 4) is 17.2 Å². The quantitative estimate of drug-likeness (QED) is 0.368. The number of pyridine rings is 1. The van der Waals surface area contributed by atoms with Gasteiger partial charge in [-0.1, -0.05) is 24.3 Å². The Morgan fingerprint density at radius 1 is 1.09 bits per heavy atom. The summed E-state index contributed by atoms with van der Waals surface area (Å²) in [5, 5.41) is 11.3. The first-order valence-corrected chi connectivity index (χ1v) is 10.9. The average Bonchev–Trinajstić information content (AvgIpc) is 3.38. The number of hydrogen-bond acceptors (Lipinski definition) is 8. The highest BCUT2D eigenvalue weighted by Crippen LogP contribution is 2.31. The lowest BCUT2D eigenvalue weighted by Crippen LogP contribution is -2.35. The minimum absolute atomic E-state index is 0.213. The van der Waals surface area contributed by atoms with Crippen LogP contribution in [0, 0.1) is 0 Å². The standard InChI is InChI=1S/C24H21N7O3/c25-9-14-5-7-15(8-6-14)31-22-17(21-18(23(31)32)12-28-30-21)11-27-24(29-22)26-10-16-13-33-19-3-1-2-4-20(19)34-16/h1-8,11-12,16H,9-10,13,25H2,(H,28,30)(H,26,27,29). The van der Waals surface area contributed by atoms with Gasteiger partial charge in [0, 0.05) is 12.7 Å². The number of rotatable bonds is 5. The third-order valence-corrected chi connectivity index (χ3v) is 5.81. The molecule has 5 aromatic rings. The van der Waals surface area contributed by atoms with Gasteiger partial charge >= 0.3 is 0 Å². The number of para-hydroxylation sites is 2. The first kappa shape index (κ1) is 20.2. The zero-order valence-electron chi connectivity index (χ0n) is 18.1. The molecule has 0 radical (unpaired) electrons. The number of nitrogens with two attached hydrogens (primary N) is 1. The summed E-state index contributed by atoms with van der Waals surface area (Å²) in [5.74, 6) is 1.81. The van der Waals surface area contributed by atoms with Crippen LogP contribution in [0.1, 0.15) is 5.56 Å². The lowest BCUT2D eigenvalue weighted by molar-refractivity contribution is 0.0996. The zero-order chi connectivity index (χ0) is 23.1. The van der Waals surface area contributed by atoms with Gasteiger partial charge in [0.05, 0.1) is 34.7 Å². The van der Waals surface area contributed by atoms with Crippen LogP contribution in [0.15, 0.2) is 65.7 Å².